The molecule has 0 bridgehead atoms. The number of hydrogen-bond acceptors (Lipinski definition) is 2. The first kappa shape index (κ1) is 14.3. The van der Waals surface area contributed by atoms with E-state index in [2.05, 4.69) is 26.2 Å². The minimum Gasteiger partial charge on any atom is -0.377 e. The molecule has 0 saturated carbocycles. The zero-order valence-corrected chi connectivity index (χ0v) is 12.7. The third-order valence-corrected chi connectivity index (χ3v) is 3.96. The quantitative estimate of drug-likeness (QED) is 0.772. The molecule has 1 atom stereocenters. The number of anilines is 1. The number of benzene rings is 1. The summed E-state index contributed by atoms with van der Waals surface area (Å²) in [6, 6.07) is 8.50. The summed E-state index contributed by atoms with van der Waals surface area (Å²) in [7, 11) is 0. The van der Waals surface area contributed by atoms with Gasteiger partial charge in [-0.15, -0.1) is 0 Å². The van der Waals surface area contributed by atoms with Crippen molar-refractivity contribution in [2.24, 2.45) is 0 Å². The number of nitrogens with one attached hydrogen (secondary N) is 1. The molecule has 1 aromatic carbocycles. The number of aromatic nitrogens is 1. The fourth-order valence-corrected chi connectivity index (χ4v) is 2.31. The van der Waals surface area contributed by atoms with Gasteiger partial charge in [-0.1, -0.05) is 36.7 Å². The Morgan fingerprint density at radius 2 is 2.16 bits per heavy atom. The van der Waals surface area contributed by atoms with Gasteiger partial charge < -0.3 is 5.32 Å². The summed E-state index contributed by atoms with van der Waals surface area (Å²) in [5.74, 6) is -0.206. The lowest BCUT2D eigenvalue weighted by atomic mass is 10.0. The summed E-state index contributed by atoms with van der Waals surface area (Å²) in [6.45, 7) is 2.00. The second-order valence-corrected chi connectivity index (χ2v) is 5.34. The third kappa shape index (κ3) is 3.45. The van der Waals surface area contributed by atoms with Crippen molar-refractivity contribution in [2.75, 3.05) is 5.32 Å². The molecule has 0 radical (unpaired) electrons. The van der Waals surface area contributed by atoms with Gasteiger partial charge in [0.05, 0.1) is 22.4 Å². The van der Waals surface area contributed by atoms with Crippen LogP contribution < -0.4 is 5.32 Å². The van der Waals surface area contributed by atoms with Gasteiger partial charge in [0.2, 0.25) is 0 Å². The monoisotopic (exact) mass is 342 g/mol. The summed E-state index contributed by atoms with van der Waals surface area (Å²) in [5, 5.41) is 3.67. The van der Waals surface area contributed by atoms with Crippen molar-refractivity contribution in [3.8, 4) is 0 Å². The van der Waals surface area contributed by atoms with Crippen LogP contribution in [0.15, 0.2) is 41.0 Å². The van der Waals surface area contributed by atoms with E-state index >= 15 is 0 Å². The molecular formula is C14H13BrClFN2. The molecule has 5 heteroatoms. The smallest absolute Gasteiger partial charge is 0.143 e. The molecule has 0 aliphatic rings. The summed E-state index contributed by atoms with van der Waals surface area (Å²) in [6.07, 6.45) is 2.40. The molecule has 0 fully saturated rings. The normalized spacial score (nSPS) is 12.2. The fourth-order valence-electron chi connectivity index (χ4n) is 1.86. The molecule has 1 N–H and O–H groups in total. The highest BCUT2D eigenvalue weighted by atomic mass is 79.9. The summed E-state index contributed by atoms with van der Waals surface area (Å²) in [4.78, 5) is 4.04. The van der Waals surface area contributed by atoms with Crippen molar-refractivity contribution in [3.05, 3.63) is 57.5 Å². The van der Waals surface area contributed by atoms with Crippen LogP contribution in [-0.2, 0) is 0 Å². The van der Waals surface area contributed by atoms with Gasteiger partial charge in [0.15, 0.2) is 0 Å². The number of halogens is 3. The molecular weight excluding hydrogens is 331 g/mol. The number of nitrogens with zero attached hydrogens (tertiary/aromatic N) is 1. The van der Waals surface area contributed by atoms with Gasteiger partial charge in [0, 0.05) is 5.56 Å². The lowest BCUT2D eigenvalue weighted by molar-refractivity contribution is 0.587. The molecule has 19 heavy (non-hydrogen) atoms. The van der Waals surface area contributed by atoms with E-state index in [-0.39, 0.29) is 11.9 Å². The van der Waals surface area contributed by atoms with Crippen LogP contribution >= 0.6 is 27.5 Å². The Kier molecular flexibility index (Phi) is 4.77. The van der Waals surface area contributed by atoms with E-state index in [1.165, 1.54) is 6.07 Å². The summed E-state index contributed by atoms with van der Waals surface area (Å²) in [5.41, 5.74) is 1.45. The zero-order valence-electron chi connectivity index (χ0n) is 10.3. The Morgan fingerprint density at radius 1 is 1.42 bits per heavy atom. The van der Waals surface area contributed by atoms with Crippen LogP contribution in [-0.4, -0.2) is 4.98 Å². The predicted molar refractivity (Wildman–Crippen MR) is 80.0 cm³/mol. The van der Waals surface area contributed by atoms with Crippen LogP contribution in [0.1, 0.15) is 24.9 Å². The molecule has 2 aromatic rings. The number of rotatable bonds is 4. The van der Waals surface area contributed by atoms with Crippen LogP contribution in [0.5, 0.6) is 0 Å². The molecule has 2 nitrogen and oxygen atoms in total. The van der Waals surface area contributed by atoms with E-state index in [9.17, 15) is 4.39 Å². The minimum absolute atomic E-state index is 0.101. The van der Waals surface area contributed by atoms with Crippen LogP contribution in [0.2, 0.25) is 5.15 Å². The van der Waals surface area contributed by atoms with E-state index in [4.69, 9.17) is 11.6 Å². The molecule has 1 unspecified atom stereocenters. The van der Waals surface area contributed by atoms with Crippen LogP contribution in [0, 0.1) is 5.82 Å². The second kappa shape index (κ2) is 6.35. The first-order chi connectivity index (χ1) is 9.11. The Bertz CT molecular complexity index is 577. The standard InChI is InChI=1S/C14H13BrClFN2/c1-2-13(10-5-3-4-6-12(10)17)19-9-7-11(15)14(16)18-8-9/h3-8,13,19H,2H2,1H3. The second-order valence-electron chi connectivity index (χ2n) is 4.12. The van der Waals surface area contributed by atoms with Crippen molar-refractivity contribution in [3.63, 3.8) is 0 Å². The predicted octanol–water partition coefficient (Wildman–Crippen LogP) is 5.20. The molecule has 0 saturated heterocycles. The Balaban J connectivity index is 2.24. The lowest BCUT2D eigenvalue weighted by Gasteiger charge is -2.19. The van der Waals surface area contributed by atoms with Gasteiger partial charge in [-0.05, 0) is 34.5 Å². The van der Waals surface area contributed by atoms with E-state index in [1.807, 2.05) is 19.1 Å². The maximum Gasteiger partial charge on any atom is 0.143 e. The van der Waals surface area contributed by atoms with E-state index < -0.39 is 0 Å². The van der Waals surface area contributed by atoms with Crippen molar-refractivity contribution < 1.29 is 4.39 Å². The van der Waals surface area contributed by atoms with Gasteiger partial charge in [-0.3, -0.25) is 0 Å². The highest BCUT2D eigenvalue weighted by Gasteiger charge is 2.13. The van der Waals surface area contributed by atoms with Crippen LogP contribution in [0.3, 0.4) is 0 Å². The minimum atomic E-state index is -0.206. The Labute approximate surface area is 125 Å². The van der Waals surface area contributed by atoms with Crippen LogP contribution in [0.25, 0.3) is 0 Å². The fraction of sp³-hybridized carbons (Fsp3) is 0.214. The molecule has 100 valence electrons. The Morgan fingerprint density at radius 3 is 2.79 bits per heavy atom. The van der Waals surface area contributed by atoms with Crippen molar-refractivity contribution in [1.29, 1.82) is 0 Å². The van der Waals surface area contributed by atoms with Crippen molar-refractivity contribution in [2.45, 2.75) is 19.4 Å². The molecule has 0 aliphatic carbocycles. The van der Waals surface area contributed by atoms with Gasteiger partial charge in [-0.2, -0.15) is 0 Å². The first-order valence-electron chi connectivity index (χ1n) is 5.93. The van der Waals surface area contributed by atoms with Crippen LogP contribution in [0.4, 0.5) is 10.1 Å². The van der Waals surface area contributed by atoms with Crippen molar-refractivity contribution in [1.82, 2.24) is 4.98 Å². The summed E-state index contributed by atoms with van der Waals surface area (Å²) >= 11 is 9.17. The zero-order chi connectivity index (χ0) is 13.8. The highest BCUT2D eigenvalue weighted by Crippen LogP contribution is 2.28. The molecule has 0 spiro atoms. The SMILES string of the molecule is CCC(Nc1cnc(Cl)c(Br)c1)c1ccccc1F. The lowest BCUT2D eigenvalue weighted by Crippen LogP contribution is -2.11. The summed E-state index contributed by atoms with van der Waals surface area (Å²) < 4.78 is 14.5. The van der Waals surface area contributed by atoms with Gasteiger partial charge in [0.1, 0.15) is 11.0 Å². The van der Waals surface area contributed by atoms with E-state index in [1.54, 1.807) is 18.3 Å². The highest BCUT2D eigenvalue weighted by molar-refractivity contribution is 9.10. The maximum atomic E-state index is 13.8. The Hall–Kier alpha value is -1.13. The average molecular weight is 344 g/mol. The number of hydrogen-bond donors (Lipinski definition) is 1. The van der Waals surface area contributed by atoms with Gasteiger partial charge in [0.25, 0.3) is 0 Å². The molecule has 2 rings (SSSR count). The van der Waals surface area contributed by atoms with Gasteiger partial charge in [-0.25, -0.2) is 9.37 Å². The molecule has 1 heterocycles. The van der Waals surface area contributed by atoms with E-state index in [0.29, 0.717) is 15.2 Å². The number of pyridine rings is 1. The first-order valence-corrected chi connectivity index (χ1v) is 7.11. The molecule has 0 aliphatic heterocycles. The average Bonchev–Trinajstić information content (AvgIpc) is 2.41. The van der Waals surface area contributed by atoms with Gasteiger partial charge >= 0.3 is 0 Å². The molecule has 0 amide bonds. The maximum absolute atomic E-state index is 13.8. The molecule has 1 aromatic heterocycles. The third-order valence-electron chi connectivity index (χ3n) is 2.83. The topological polar surface area (TPSA) is 24.9 Å². The van der Waals surface area contributed by atoms with Crippen molar-refractivity contribution >= 4 is 33.2 Å². The van der Waals surface area contributed by atoms with E-state index in [0.717, 1.165) is 12.1 Å². The largest absolute Gasteiger partial charge is 0.377 e.